The molecule has 2 atom stereocenters. The third-order valence-corrected chi connectivity index (χ3v) is 5.14. The fourth-order valence-corrected chi connectivity index (χ4v) is 3.56. The van der Waals surface area contributed by atoms with Gasteiger partial charge in [0.25, 0.3) is 11.8 Å². The zero-order valence-electron chi connectivity index (χ0n) is 13.7. The third-order valence-electron chi connectivity index (χ3n) is 3.22. The van der Waals surface area contributed by atoms with Crippen molar-refractivity contribution in [3.63, 3.8) is 0 Å². The molecule has 25 heavy (non-hydrogen) atoms. The van der Waals surface area contributed by atoms with Gasteiger partial charge in [-0.1, -0.05) is 18.2 Å². The lowest BCUT2D eigenvalue weighted by Crippen LogP contribution is -2.32. The number of amides is 2. The fourth-order valence-electron chi connectivity index (χ4n) is 1.89. The van der Waals surface area contributed by atoms with Crippen molar-refractivity contribution in [2.45, 2.75) is 30.1 Å². The lowest BCUT2D eigenvalue weighted by molar-refractivity contribution is -0.152. The lowest BCUT2D eigenvalue weighted by atomic mass is 10.3. The molecule has 8 heteroatoms. The number of nitrogens with one attached hydrogen (secondary N) is 1. The van der Waals surface area contributed by atoms with Gasteiger partial charge in [0.2, 0.25) is 0 Å². The van der Waals surface area contributed by atoms with Gasteiger partial charge in [-0.05, 0) is 37.4 Å². The largest absolute Gasteiger partial charge is 0.452 e. The molecular formula is C17H18N2O4S2. The summed E-state index contributed by atoms with van der Waals surface area (Å²) in [5, 5.41) is 4.09. The number of rotatable bonds is 7. The molecular weight excluding hydrogens is 360 g/mol. The highest BCUT2D eigenvalue weighted by Crippen LogP contribution is 2.25. The van der Waals surface area contributed by atoms with Crippen molar-refractivity contribution in [2.24, 2.45) is 5.73 Å². The van der Waals surface area contributed by atoms with Crippen LogP contribution in [0.1, 0.15) is 24.2 Å². The third kappa shape index (κ3) is 5.33. The van der Waals surface area contributed by atoms with Crippen LogP contribution in [0.25, 0.3) is 0 Å². The van der Waals surface area contributed by atoms with Gasteiger partial charge in [0.1, 0.15) is 10.3 Å². The summed E-state index contributed by atoms with van der Waals surface area (Å²) in [4.78, 5) is 36.5. The highest BCUT2D eigenvalue weighted by molar-refractivity contribution is 8.00. The fraction of sp³-hybridized carbons (Fsp3) is 0.235. The van der Waals surface area contributed by atoms with Gasteiger partial charge in [-0.2, -0.15) is 0 Å². The minimum atomic E-state index is -0.992. The van der Waals surface area contributed by atoms with E-state index in [-0.39, 0.29) is 5.56 Å². The maximum absolute atomic E-state index is 12.2. The van der Waals surface area contributed by atoms with E-state index in [0.29, 0.717) is 5.00 Å². The maximum atomic E-state index is 12.2. The van der Waals surface area contributed by atoms with Gasteiger partial charge in [0.15, 0.2) is 6.10 Å². The molecule has 0 bridgehead atoms. The number of hydrogen-bond donors (Lipinski definition) is 2. The zero-order chi connectivity index (χ0) is 18.4. The van der Waals surface area contributed by atoms with Gasteiger partial charge in [0.05, 0.1) is 5.56 Å². The van der Waals surface area contributed by atoms with E-state index in [1.54, 1.807) is 12.3 Å². The molecule has 0 aliphatic carbocycles. The predicted octanol–water partition coefficient (Wildman–Crippen LogP) is 2.90. The lowest BCUT2D eigenvalue weighted by Gasteiger charge is -2.16. The van der Waals surface area contributed by atoms with Gasteiger partial charge in [-0.15, -0.1) is 23.1 Å². The number of carbonyl (C=O) groups excluding carboxylic acids is 3. The molecule has 0 unspecified atom stereocenters. The van der Waals surface area contributed by atoms with Crippen LogP contribution < -0.4 is 11.1 Å². The first kappa shape index (κ1) is 19.0. The Morgan fingerprint density at radius 3 is 2.48 bits per heavy atom. The SMILES string of the molecule is C[C@H](OC(=O)[C@@H](C)Sc1ccccc1)C(=O)Nc1sccc1C(N)=O. The summed E-state index contributed by atoms with van der Waals surface area (Å²) in [6, 6.07) is 11.0. The van der Waals surface area contributed by atoms with Crippen LogP contribution in [0.2, 0.25) is 0 Å². The molecule has 1 heterocycles. The number of ether oxygens (including phenoxy) is 1. The number of nitrogens with two attached hydrogens (primary N) is 1. The summed E-state index contributed by atoms with van der Waals surface area (Å²) in [6.45, 7) is 3.19. The number of benzene rings is 1. The Labute approximate surface area is 153 Å². The molecule has 0 aliphatic rings. The van der Waals surface area contributed by atoms with E-state index in [2.05, 4.69) is 5.32 Å². The van der Waals surface area contributed by atoms with Crippen LogP contribution in [0.15, 0.2) is 46.7 Å². The minimum absolute atomic E-state index is 0.227. The molecule has 0 spiro atoms. The van der Waals surface area contributed by atoms with Gasteiger partial charge in [-0.3, -0.25) is 14.4 Å². The van der Waals surface area contributed by atoms with Crippen molar-refractivity contribution < 1.29 is 19.1 Å². The maximum Gasteiger partial charge on any atom is 0.319 e. The Hall–Kier alpha value is -2.32. The molecule has 1 aromatic heterocycles. The van der Waals surface area contributed by atoms with Crippen molar-refractivity contribution in [3.05, 3.63) is 47.3 Å². The van der Waals surface area contributed by atoms with Crippen LogP contribution in [0.4, 0.5) is 5.00 Å². The summed E-state index contributed by atoms with van der Waals surface area (Å²) >= 11 is 2.52. The van der Waals surface area contributed by atoms with Gasteiger partial charge in [-0.25, -0.2) is 0 Å². The van der Waals surface area contributed by atoms with Crippen LogP contribution in [0.5, 0.6) is 0 Å². The quantitative estimate of drug-likeness (QED) is 0.570. The molecule has 2 aromatic rings. The first-order valence-corrected chi connectivity index (χ1v) is 9.24. The normalized spacial score (nSPS) is 12.9. The molecule has 132 valence electrons. The number of thioether (sulfide) groups is 1. The number of thiophene rings is 1. The topological polar surface area (TPSA) is 98.5 Å². The number of primary amides is 1. The van der Waals surface area contributed by atoms with Gasteiger partial charge >= 0.3 is 5.97 Å². The molecule has 0 saturated carbocycles. The predicted molar refractivity (Wildman–Crippen MR) is 98.8 cm³/mol. The second kappa shape index (κ2) is 8.68. The van der Waals surface area contributed by atoms with Crippen molar-refractivity contribution in [3.8, 4) is 0 Å². The summed E-state index contributed by atoms with van der Waals surface area (Å²) in [5.74, 6) is -1.64. The van der Waals surface area contributed by atoms with Crippen LogP contribution in [-0.2, 0) is 14.3 Å². The molecule has 2 rings (SSSR count). The van der Waals surface area contributed by atoms with Gasteiger partial charge < -0.3 is 15.8 Å². The molecule has 6 nitrogen and oxygen atoms in total. The van der Waals surface area contributed by atoms with E-state index >= 15 is 0 Å². The average Bonchev–Trinajstić information content (AvgIpc) is 3.04. The van der Waals surface area contributed by atoms with Crippen LogP contribution in [0, 0.1) is 0 Å². The summed E-state index contributed by atoms with van der Waals surface area (Å²) in [5.41, 5.74) is 5.46. The Morgan fingerprint density at radius 1 is 1.16 bits per heavy atom. The zero-order valence-corrected chi connectivity index (χ0v) is 15.4. The molecule has 0 saturated heterocycles. The van der Waals surface area contributed by atoms with Crippen molar-refractivity contribution >= 4 is 45.9 Å². The molecule has 0 aliphatic heterocycles. The highest BCUT2D eigenvalue weighted by atomic mass is 32.2. The molecule has 0 radical (unpaired) electrons. The van der Waals surface area contributed by atoms with Crippen molar-refractivity contribution in [1.29, 1.82) is 0 Å². The number of anilines is 1. The average molecular weight is 378 g/mol. The Kier molecular flexibility index (Phi) is 6.60. The van der Waals surface area contributed by atoms with E-state index in [4.69, 9.17) is 10.5 Å². The van der Waals surface area contributed by atoms with E-state index in [1.807, 2.05) is 30.3 Å². The Bertz CT molecular complexity index is 761. The van der Waals surface area contributed by atoms with E-state index in [0.717, 1.165) is 4.90 Å². The summed E-state index contributed by atoms with van der Waals surface area (Å²) in [6.07, 6.45) is -0.992. The minimum Gasteiger partial charge on any atom is -0.452 e. The number of hydrogen-bond acceptors (Lipinski definition) is 6. The summed E-state index contributed by atoms with van der Waals surface area (Å²) < 4.78 is 5.21. The van der Waals surface area contributed by atoms with Crippen molar-refractivity contribution in [1.82, 2.24) is 0 Å². The highest BCUT2D eigenvalue weighted by Gasteiger charge is 2.24. The first-order chi connectivity index (χ1) is 11.9. The number of esters is 1. The summed E-state index contributed by atoms with van der Waals surface area (Å²) in [7, 11) is 0. The van der Waals surface area contributed by atoms with Gasteiger partial charge in [0, 0.05) is 4.90 Å². The second-order valence-corrected chi connectivity index (χ2v) is 7.50. The monoisotopic (exact) mass is 378 g/mol. The van der Waals surface area contributed by atoms with Crippen LogP contribution in [-0.4, -0.2) is 29.1 Å². The molecule has 1 aromatic carbocycles. The molecule has 3 N–H and O–H groups in total. The van der Waals surface area contributed by atoms with E-state index in [9.17, 15) is 14.4 Å². The first-order valence-electron chi connectivity index (χ1n) is 7.49. The van der Waals surface area contributed by atoms with Crippen LogP contribution >= 0.6 is 23.1 Å². The standard InChI is InChI=1S/C17H18N2O4S2/c1-10(15(21)19-16-13(14(18)20)8-9-24-16)23-17(22)11(2)25-12-6-4-3-5-7-12/h3-11H,1-2H3,(H2,18,20)(H,19,21)/t10-,11+/m0/s1. The molecule has 0 fully saturated rings. The van der Waals surface area contributed by atoms with E-state index in [1.165, 1.54) is 36.1 Å². The van der Waals surface area contributed by atoms with Crippen molar-refractivity contribution in [2.75, 3.05) is 5.32 Å². The second-order valence-electron chi connectivity index (χ2n) is 5.17. The smallest absolute Gasteiger partial charge is 0.319 e. The Morgan fingerprint density at radius 2 is 1.84 bits per heavy atom. The van der Waals surface area contributed by atoms with E-state index < -0.39 is 29.1 Å². The number of carbonyl (C=O) groups is 3. The van der Waals surface area contributed by atoms with Crippen LogP contribution in [0.3, 0.4) is 0 Å². The molecule has 2 amide bonds. The Balaban J connectivity index is 1.90.